The van der Waals surface area contributed by atoms with Gasteiger partial charge in [-0.1, -0.05) is 18.2 Å². The molecule has 1 aromatic carbocycles. The van der Waals surface area contributed by atoms with Crippen LogP contribution in [0.25, 0.3) is 11.3 Å². The van der Waals surface area contributed by atoms with Gasteiger partial charge in [-0.15, -0.1) is 10.2 Å². The van der Waals surface area contributed by atoms with E-state index in [0.717, 1.165) is 12.0 Å². The number of carbonyl (C=O) groups is 1. The van der Waals surface area contributed by atoms with E-state index in [1.54, 1.807) is 25.3 Å². The van der Waals surface area contributed by atoms with Crippen LogP contribution in [0, 0.1) is 0 Å². The van der Waals surface area contributed by atoms with Crippen molar-refractivity contribution in [1.29, 1.82) is 0 Å². The van der Waals surface area contributed by atoms with E-state index in [1.807, 2.05) is 18.2 Å². The lowest BCUT2D eigenvalue weighted by molar-refractivity contribution is 0.0949. The Kier molecular flexibility index (Phi) is 5.85. The topological polar surface area (TPSA) is 73.3 Å². The smallest absolute Gasteiger partial charge is 0.251 e. The number of carbonyl (C=O) groups excluding carboxylic acids is 1. The lowest BCUT2D eigenvalue weighted by atomic mass is 10.0. The number of methoxy groups -OCH3 is 2. The molecule has 0 radical (unpaired) electrons. The molecule has 6 heteroatoms. The molecule has 0 atom stereocenters. The first-order valence-electron chi connectivity index (χ1n) is 7.00. The Morgan fingerprint density at radius 3 is 2.64 bits per heavy atom. The van der Waals surface area contributed by atoms with Crippen LogP contribution in [0.2, 0.25) is 0 Å². The molecule has 22 heavy (non-hydrogen) atoms. The van der Waals surface area contributed by atoms with E-state index in [1.165, 1.54) is 7.11 Å². The van der Waals surface area contributed by atoms with Crippen LogP contribution in [0.15, 0.2) is 36.4 Å². The van der Waals surface area contributed by atoms with Crippen molar-refractivity contribution < 1.29 is 14.3 Å². The Hall–Kier alpha value is -2.47. The highest BCUT2D eigenvalue weighted by molar-refractivity contribution is 6.00. The van der Waals surface area contributed by atoms with Gasteiger partial charge < -0.3 is 14.8 Å². The molecule has 0 unspecified atom stereocenters. The summed E-state index contributed by atoms with van der Waals surface area (Å²) in [5.74, 6) is 0.301. The van der Waals surface area contributed by atoms with Gasteiger partial charge in [0.2, 0.25) is 5.88 Å². The summed E-state index contributed by atoms with van der Waals surface area (Å²) >= 11 is 0. The van der Waals surface area contributed by atoms with E-state index in [2.05, 4.69) is 15.5 Å². The quantitative estimate of drug-likeness (QED) is 0.791. The number of aromatic nitrogens is 2. The summed E-state index contributed by atoms with van der Waals surface area (Å²) in [6, 6.07) is 10.8. The summed E-state index contributed by atoms with van der Waals surface area (Å²) in [4.78, 5) is 12.3. The molecule has 0 fully saturated rings. The highest BCUT2D eigenvalue weighted by Gasteiger charge is 2.13. The van der Waals surface area contributed by atoms with Crippen LogP contribution < -0.4 is 10.1 Å². The van der Waals surface area contributed by atoms with E-state index in [-0.39, 0.29) is 5.91 Å². The zero-order valence-electron chi connectivity index (χ0n) is 12.7. The van der Waals surface area contributed by atoms with Crippen LogP contribution in [-0.4, -0.2) is 43.5 Å². The summed E-state index contributed by atoms with van der Waals surface area (Å²) in [5, 5.41) is 10.9. The van der Waals surface area contributed by atoms with Crippen molar-refractivity contribution in [3.8, 4) is 17.1 Å². The Morgan fingerprint density at radius 1 is 1.14 bits per heavy atom. The Morgan fingerprint density at radius 2 is 1.95 bits per heavy atom. The number of nitrogens with one attached hydrogen (secondary N) is 1. The molecule has 0 bridgehead atoms. The van der Waals surface area contributed by atoms with Crippen molar-refractivity contribution in [2.45, 2.75) is 6.42 Å². The SMILES string of the molecule is COCCCNC(=O)c1ccccc1-c1ccc(OC)nn1. The standard InChI is InChI=1S/C16H19N3O3/c1-21-11-5-10-17-16(20)13-7-4-3-6-12(13)14-8-9-15(22-2)19-18-14/h3-4,6-9H,5,10-11H2,1-2H3,(H,17,20). The molecule has 0 spiro atoms. The minimum atomic E-state index is -0.135. The molecule has 2 aromatic rings. The fourth-order valence-corrected chi connectivity index (χ4v) is 1.99. The van der Waals surface area contributed by atoms with Gasteiger partial charge in [-0.3, -0.25) is 4.79 Å². The number of nitrogens with zero attached hydrogens (tertiary/aromatic N) is 2. The van der Waals surface area contributed by atoms with Gasteiger partial charge in [0.1, 0.15) is 0 Å². The third-order valence-corrected chi connectivity index (χ3v) is 3.11. The van der Waals surface area contributed by atoms with Crippen LogP contribution in [0.1, 0.15) is 16.8 Å². The summed E-state index contributed by atoms with van der Waals surface area (Å²) in [7, 11) is 3.17. The number of ether oxygens (including phenoxy) is 2. The van der Waals surface area contributed by atoms with Crippen molar-refractivity contribution >= 4 is 5.91 Å². The van der Waals surface area contributed by atoms with Crippen LogP contribution in [0.4, 0.5) is 0 Å². The van der Waals surface area contributed by atoms with Gasteiger partial charge >= 0.3 is 0 Å². The average Bonchev–Trinajstić information content (AvgIpc) is 2.58. The Bertz CT molecular complexity index is 614. The monoisotopic (exact) mass is 301 g/mol. The number of amides is 1. The maximum Gasteiger partial charge on any atom is 0.251 e. The van der Waals surface area contributed by atoms with E-state index < -0.39 is 0 Å². The lowest BCUT2D eigenvalue weighted by Gasteiger charge is -2.09. The molecule has 1 N–H and O–H groups in total. The molecule has 1 aromatic heterocycles. The molecule has 6 nitrogen and oxygen atoms in total. The first-order valence-corrected chi connectivity index (χ1v) is 7.00. The molecule has 1 heterocycles. The first kappa shape index (κ1) is 15.9. The highest BCUT2D eigenvalue weighted by atomic mass is 16.5. The maximum absolute atomic E-state index is 12.3. The second-order valence-corrected chi connectivity index (χ2v) is 4.61. The summed E-state index contributed by atoms with van der Waals surface area (Å²) in [6.07, 6.45) is 0.771. The fourth-order valence-electron chi connectivity index (χ4n) is 1.99. The zero-order chi connectivity index (χ0) is 15.8. The van der Waals surface area contributed by atoms with Gasteiger partial charge in [0, 0.05) is 37.5 Å². The minimum absolute atomic E-state index is 0.135. The van der Waals surface area contributed by atoms with Crippen molar-refractivity contribution in [2.75, 3.05) is 27.4 Å². The van der Waals surface area contributed by atoms with Crippen molar-refractivity contribution in [3.05, 3.63) is 42.0 Å². The van der Waals surface area contributed by atoms with E-state index >= 15 is 0 Å². The van der Waals surface area contributed by atoms with Gasteiger partial charge in [0.05, 0.1) is 12.8 Å². The third-order valence-electron chi connectivity index (χ3n) is 3.11. The molecular weight excluding hydrogens is 282 g/mol. The number of benzene rings is 1. The zero-order valence-corrected chi connectivity index (χ0v) is 12.7. The van der Waals surface area contributed by atoms with Gasteiger partial charge in [-0.25, -0.2) is 0 Å². The molecule has 0 saturated heterocycles. The summed E-state index contributed by atoms with van der Waals surface area (Å²) < 4.78 is 9.96. The third kappa shape index (κ3) is 4.02. The van der Waals surface area contributed by atoms with Crippen molar-refractivity contribution in [1.82, 2.24) is 15.5 Å². The van der Waals surface area contributed by atoms with E-state index in [0.29, 0.717) is 30.3 Å². The first-order chi connectivity index (χ1) is 10.8. The molecular formula is C16H19N3O3. The molecule has 0 aliphatic rings. The number of hydrogen-bond acceptors (Lipinski definition) is 5. The predicted molar refractivity (Wildman–Crippen MR) is 82.8 cm³/mol. The molecule has 0 saturated carbocycles. The van der Waals surface area contributed by atoms with Crippen LogP contribution in [0.3, 0.4) is 0 Å². The molecule has 2 rings (SSSR count). The number of rotatable bonds is 7. The minimum Gasteiger partial charge on any atom is -0.480 e. The largest absolute Gasteiger partial charge is 0.480 e. The van der Waals surface area contributed by atoms with Crippen LogP contribution >= 0.6 is 0 Å². The van der Waals surface area contributed by atoms with Crippen LogP contribution in [0.5, 0.6) is 5.88 Å². The second kappa shape index (κ2) is 8.09. The number of hydrogen-bond donors (Lipinski definition) is 1. The second-order valence-electron chi connectivity index (χ2n) is 4.61. The highest BCUT2D eigenvalue weighted by Crippen LogP contribution is 2.22. The lowest BCUT2D eigenvalue weighted by Crippen LogP contribution is -2.25. The molecule has 0 aliphatic carbocycles. The van der Waals surface area contributed by atoms with Gasteiger partial charge in [0.15, 0.2) is 0 Å². The Labute approximate surface area is 129 Å². The van der Waals surface area contributed by atoms with Gasteiger partial charge in [0.25, 0.3) is 5.91 Å². The summed E-state index contributed by atoms with van der Waals surface area (Å²) in [5.41, 5.74) is 1.93. The molecule has 0 aliphatic heterocycles. The summed E-state index contributed by atoms with van der Waals surface area (Å²) in [6.45, 7) is 1.18. The Balaban J connectivity index is 2.16. The maximum atomic E-state index is 12.3. The molecule has 1 amide bonds. The van der Waals surface area contributed by atoms with Crippen molar-refractivity contribution in [2.24, 2.45) is 0 Å². The fraction of sp³-hybridized carbons (Fsp3) is 0.312. The predicted octanol–water partition coefficient (Wildman–Crippen LogP) is 1.92. The van der Waals surface area contributed by atoms with Crippen LogP contribution in [-0.2, 0) is 4.74 Å². The average molecular weight is 301 g/mol. The molecule has 116 valence electrons. The normalized spacial score (nSPS) is 10.3. The van der Waals surface area contributed by atoms with E-state index in [9.17, 15) is 4.79 Å². The van der Waals surface area contributed by atoms with Gasteiger partial charge in [-0.05, 0) is 18.6 Å². The van der Waals surface area contributed by atoms with E-state index in [4.69, 9.17) is 9.47 Å². The van der Waals surface area contributed by atoms with Gasteiger partial charge in [-0.2, -0.15) is 0 Å². The van der Waals surface area contributed by atoms with Crippen molar-refractivity contribution in [3.63, 3.8) is 0 Å².